The van der Waals surface area contributed by atoms with E-state index in [-0.39, 0.29) is 5.91 Å². The third-order valence-corrected chi connectivity index (χ3v) is 5.63. The highest BCUT2D eigenvalue weighted by molar-refractivity contribution is 5.86. The van der Waals surface area contributed by atoms with Crippen LogP contribution in [0.4, 0.5) is 0 Å². The van der Waals surface area contributed by atoms with Crippen LogP contribution in [0.2, 0.25) is 0 Å². The molecular formula is C24H31N3O2. The summed E-state index contributed by atoms with van der Waals surface area (Å²) in [7, 11) is 1.00. The summed E-state index contributed by atoms with van der Waals surface area (Å²) in [5.41, 5.74) is 9.88. The number of fused-ring (bicyclic) bond motifs is 1. The van der Waals surface area contributed by atoms with Crippen molar-refractivity contribution in [1.29, 1.82) is 0 Å². The summed E-state index contributed by atoms with van der Waals surface area (Å²) in [6, 6.07) is 18.2. The van der Waals surface area contributed by atoms with Gasteiger partial charge in [0, 0.05) is 37.3 Å². The van der Waals surface area contributed by atoms with E-state index in [0.29, 0.717) is 12.3 Å². The molecule has 2 atom stereocenters. The molecule has 0 saturated carbocycles. The molecule has 3 aromatic rings. The van der Waals surface area contributed by atoms with Crippen LogP contribution in [0, 0.1) is 5.92 Å². The van der Waals surface area contributed by atoms with Crippen LogP contribution in [0.25, 0.3) is 10.9 Å². The van der Waals surface area contributed by atoms with Crippen molar-refractivity contribution < 1.29 is 9.90 Å². The summed E-state index contributed by atoms with van der Waals surface area (Å²) < 4.78 is 0. The molecule has 0 bridgehead atoms. The van der Waals surface area contributed by atoms with Gasteiger partial charge in [-0.15, -0.1) is 0 Å². The molecule has 29 heavy (non-hydrogen) atoms. The lowest BCUT2D eigenvalue weighted by molar-refractivity contribution is -0.134. The summed E-state index contributed by atoms with van der Waals surface area (Å²) in [6.45, 7) is 1.64. The van der Waals surface area contributed by atoms with E-state index in [1.807, 2.05) is 35.4 Å². The molecule has 4 rings (SSSR count). The molecule has 5 nitrogen and oxygen atoms in total. The number of likely N-dealkylation sites (tertiary alicyclic amines) is 1. The van der Waals surface area contributed by atoms with Crippen LogP contribution in [0.5, 0.6) is 0 Å². The first-order valence-corrected chi connectivity index (χ1v) is 10.3. The Labute approximate surface area is 172 Å². The number of H-pyrrole nitrogens is 1. The average molecular weight is 394 g/mol. The summed E-state index contributed by atoms with van der Waals surface area (Å²) in [5, 5.41) is 8.15. The van der Waals surface area contributed by atoms with E-state index < -0.39 is 6.04 Å². The minimum Gasteiger partial charge on any atom is -0.400 e. The number of carbonyl (C=O) groups is 1. The fraction of sp³-hybridized carbons (Fsp3) is 0.375. The van der Waals surface area contributed by atoms with Crippen molar-refractivity contribution in [1.82, 2.24) is 9.88 Å². The number of aromatic amines is 1. The van der Waals surface area contributed by atoms with Gasteiger partial charge in [-0.25, -0.2) is 0 Å². The fourth-order valence-electron chi connectivity index (χ4n) is 4.24. The Hall–Kier alpha value is -2.63. The number of aliphatic hydroxyl groups excluding tert-OH is 1. The molecule has 2 aromatic carbocycles. The second-order valence-electron chi connectivity index (χ2n) is 7.65. The van der Waals surface area contributed by atoms with Crippen molar-refractivity contribution in [2.45, 2.75) is 31.7 Å². The molecule has 1 fully saturated rings. The number of rotatable bonds is 5. The predicted octanol–water partition coefficient (Wildman–Crippen LogP) is 3.13. The van der Waals surface area contributed by atoms with Crippen molar-refractivity contribution in [3.63, 3.8) is 0 Å². The Kier molecular flexibility index (Phi) is 7.44. The third-order valence-electron chi connectivity index (χ3n) is 5.63. The molecule has 4 N–H and O–H groups in total. The molecule has 1 amide bonds. The zero-order chi connectivity index (χ0) is 20.6. The minimum absolute atomic E-state index is 0.0815. The number of piperidine rings is 1. The Morgan fingerprint density at radius 3 is 2.69 bits per heavy atom. The Bertz CT molecular complexity index is 907. The Morgan fingerprint density at radius 1 is 1.17 bits per heavy atom. The predicted molar refractivity (Wildman–Crippen MR) is 118 cm³/mol. The fourth-order valence-corrected chi connectivity index (χ4v) is 4.24. The lowest BCUT2D eigenvalue weighted by Crippen LogP contribution is -2.49. The van der Waals surface area contributed by atoms with E-state index in [0.717, 1.165) is 49.5 Å². The van der Waals surface area contributed by atoms with E-state index >= 15 is 0 Å². The van der Waals surface area contributed by atoms with Crippen molar-refractivity contribution in [3.8, 4) is 0 Å². The number of nitrogens with zero attached hydrogens (tertiary/aromatic N) is 1. The van der Waals surface area contributed by atoms with Gasteiger partial charge < -0.3 is 20.7 Å². The van der Waals surface area contributed by atoms with Crippen LogP contribution in [0.15, 0.2) is 60.8 Å². The lowest BCUT2D eigenvalue weighted by Gasteiger charge is -2.34. The molecule has 2 heterocycles. The van der Waals surface area contributed by atoms with Crippen LogP contribution >= 0.6 is 0 Å². The van der Waals surface area contributed by atoms with Crippen molar-refractivity contribution >= 4 is 16.8 Å². The summed E-state index contributed by atoms with van der Waals surface area (Å²) >= 11 is 0. The van der Waals surface area contributed by atoms with E-state index in [4.69, 9.17) is 10.8 Å². The van der Waals surface area contributed by atoms with E-state index in [2.05, 4.69) is 35.3 Å². The van der Waals surface area contributed by atoms with E-state index in [1.165, 1.54) is 12.0 Å². The largest absolute Gasteiger partial charge is 0.400 e. The molecule has 0 radical (unpaired) electrons. The van der Waals surface area contributed by atoms with Crippen LogP contribution < -0.4 is 5.73 Å². The summed E-state index contributed by atoms with van der Waals surface area (Å²) in [4.78, 5) is 18.2. The number of hydrogen-bond donors (Lipinski definition) is 3. The Morgan fingerprint density at radius 2 is 1.90 bits per heavy atom. The number of nitrogens with one attached hydrogen (secondary N) is 1. The van der Waals surface area contributed by atoms with Crippen LogP contribution in [0.1, 0.15) is 24.0 Å². The number of hydrogen-bond acceptors (Lipinski definition) is 3. The number of aromatic nitrogens is 1. The number of nitrogens with two attached hydrogens (primary N) is 1. The number of amides is 1. The second-order valence-corrected chi connectivity index (χ2v) is 7.65. The van der Waals surface area contributed by atoms with E-state index in [1.54, 1.807) is 0 Å². The maximum absolute atomic E-state index is 12.9. The molecule has 1 aliphatic rings. The molecule has 154 valence electrons. The van der Waals surface area contributed by atoms with Crippen LogP contribution in [0.3, 0.4) is 0 Å². The highest BCUT2D eigenvalue weighted by Crippen LogP contribution is 2.23. The van der Waals surface area contributed by atoms with Gasteiger partial charge >= 0.3 is 0 Å². The van der Waals surface area contributed by atoms with Gasteiger partial charge in [0.1, 0.15) is 0 Å². The van der Waals surface area contributed by atoms with Crippen LogP contribution in [-0.2, 0) is 17.6 Å². The number of aliphatic hydroxyl groups is 1. The van der Waals surface area contributed by atoms with Gasteiger partial charge in [-0.05, 0) is 48.8 Å². The van der Waals surface area contributed by atoms with E-state index in [9.17, 15) is 4.79 Å². The summed E-state index contributed by atoms with van der Waals surface area (Å²) in [6.07, 6.45) is 5.82. The molecule has 0 aliphatic carbocycles. The monoisotopic (exact) mass is 393 g/mol. The highest BCUT2D eigenvalue weighted by atomic mass is 16.2. The van der Waals surface area contributed by atoms with Gasteiger partial charge in [0.25, 0.3) is 0 Å². The molecule has 1 saturated heterocycles. The molecule has 1 aliphatic heterocycles. The topological polar surface area (TPSA) is 82.3 Å². The smallest absolute Gasteiger partial charge is 0.239 e. The van der Waals surface area contributed by atoms with Crippen molar-refractivity contribution in [2.75, 3.05) is 20.2 Å². The molecule has 1 unspecified atom stereocenters. The Balaban J connectivity index is 0.00000117. The highest BCUT2D eigenvalue weighted by Gasteiger charge is 2.27. The first-order chi connectivity index (χ1) is 14.2. The first kappa shape index (κ1) is 21.1. The molecule has 0 spiro atoms. The molecule has 5 heteroatoms. The number of para-hydroxylation sites is 1. The van der Waals surface area contributed by atoms with Gasteiger partial charge in [0.05, 0.1) is 6.04 Å². The SMILES string of the molecule is CO.NC(Cc1c[nH]c2ccccc12)C(=O)N1CCC[C@H](Cc2ccccc2)C1. The average Bonchev–Trinajstić information content (AvgIpc) is 3.18. The quantitative estimate of drug-likeness (QED) is 0.623. The van der Waals surface area contributed by atoms with Crippen molar-refractivity contribution in [2.24, 2.45) is 11.7 Å². The van der Waals surface area contributed by atoms with Gasteiger partial charge in [0.2, 0.25) is 5.91 Å². The van der Waals surface area contributed by atoms with Gasteiger partial charge in [0.15, 0.2) is 0 Å². The van der Waals surface area contributed by atoms with Gasteiger partial charge in [-0.1, -0.05) is 48.5 Å². The van der Waals surface area contributed by atoms with Crippen LogP contribution in [-0.4, -0.2) is 47.1 Å². The molecular weight excluding hydrogens is 362 g/mol. The standard InChI is InChI=1S/C23H27N3O.CH4O/c24-21(14-19-15-25-22-11-5-4-10-20(19)22)23(27)26-12-6-9-18(16-26)13-17-7-2-1-3-8-17;1-2/h1-5,7-8,10-11,15,18,21,25H,6,9,12-14,16,24H2;2H,1H3/t18-,21?;/m1./s1. The zero-order valence-electron chi connectivity index (χ0n) is 17.1. The number of benzene rings is 2. The summed E-state index contributed by atoms with van der Waals surface area (Å²) in [5.74, 6) is 0.600. The third kappa shape index (κ3) is 5.25. The zero-order valence-corrected chi connectivity index (χ0v) is 17.1. The maximum atomic E-state index is 12.9. The molecule has 1 aromatic heterocycles. The first-order valence-electron chi connectivity index (χ1n) is 10.3. The lowest BCUT2D eigenvalue weighted by atomic mass is 9.91. The maximum Gasteiger partial charge on any atom is 0.239 e. The van der Waals surface area contributed by atoms with Crippen molar-refractivity contribution in [3.05, 3.63) is 71.9 Å². The second kappa shape index (κ2) is 10.2. The minimum atomic E-state index is -0.486. The van der Waals surface area contributed by atoms with Gasteiger partial charge in [-0.2, -0.15) is 0 Å². The number of carbonyl (C=O) groups excluding carboxylic acids is 1. The van der Waals surface area contributed by atoms with Gasteiger partial charge in [-0.3, -0.25) is 4.79 Å². The normalized spacial score (nSPS) is 17.5.